The second-order valence-corrected chi connectivity index (χ2v) is 8.52. The maximum absolute atomic E-state index is 13.4. The van der Waals surface area contributed by atoms with Crippen molar-refractivity contribution in [3.05, 3.63) is 98.0 Å². The second-order valence-electron chi connectivity index (χ2n) is 8.52. The fourth-order valence-electron chi connectivity index (χ4n) is 3.77. The third-order valence-corrected chi connectivity index (χ3v) is 5.59. The molecule has 0 unspecified atom stereocenters. The van der Waals surface area contributed by atoms with Gasteiger partial charge in [-0.25, -0.2) is 9.67 Å². The van der Waals surface area contributed by atoms with Gasteiger partial charge in [-0.3, -0.25) is 14.4 Å². The van der Waals surface area contributed by atoms with Crippen LogP contribution in [0.4, 0.5) is 13.2 Å². The Morgan fingerprint density at radius 2 is 1.81 bits per heavy atom. The topological polar surface area (TPSA) is 101 Å². The Morgan fingerprint density at radius 3 is 2.50 bits per heavy atom. The summed E-state index contributed by atoms with van der Waals surface area (Å²) in [6.07, 6.45) is -4.57. The average Bonchev–Trinajstić information content (AvgIpc) is 2.81. The molecule has 0 radical (unpaired) electrons. The summed E-state index contributed by atoms with van der Waals surface area (Å²) < 4.78 is 40.8. The molecule has 1 N–H and O–H groups in total. The zero-order chi connectivity index (χ0) is 26.2. The number of rotatable bonds is 5. The summed E-state index contributed by atoms with van der Waals surface area (Å²) in [7, 11) is 0. The van der Waals surface area contributed by atoms with E-state index in [1.165, 1.54) is 24.0 Å². The minimum absolute atomic E-state index is 0.0491. The molecule has 0 atom stereocenters. The zero-order valence-electron chi connectivity index (χ0n) is 19.6. The Kier molecular flexibility index (Phi) is 6.49. The molecular formula is C25H22F3N5O3. The highest BCUT2D eigenvalue weighted by atomic mass is 19.4. The van der Waals surface area contributed by atoms with E-state index in [2.05, 4.69) is 15.1 Å². The van der Waals surface area contributed by atoms with Gasteiger partial charge in [-0.05, 0) is 51.1 Å². The van der Waals surface area contributed by atoms with Crippen molar-refractivity contribution in [2.45, 2.75) is 39.5 Å². The number of nitrogens with zero attached hydrogens (tertiary/aromatic N) is 4. The minimum atomic E-state index is -4.57. The van der Waals surface area contributed by atoms with Gasteiger partial charge < -0.3 is 9.88 Å². The monoisotopic (exact) mass is 497 g/mol. The molecule has 0 saturated heterocycles. The van der Waals surface area contributed by atoms with Gasteiger partial charge in [0, 0.05) is 17.8 Å². The van der Waals surface area contributed by atoms with Crippen molar-refractivity contribution in [1.29, 1.82) is 0 Å². The van der Waals surface area contributed by atoms with Crippen LogP contribution in [0.2, 0.25) is 0 Å². The Bertz CT molecular complexity index is 1570. The minimum Gasteiger partial charge on any atom is -0.327 e. The number of aromatic nitrogens is 4. The predicted molar refractivity (Wildman–Crippen MR) is 127 cm³/mol. The lowest BCUT2D eigenvalue weighted by Crippen LogP contribution is -2.40. The maximum Gasteiger partial charge on any atom is 0.416 e. The normalized spacial score (nSPS) is 11.8. The SMILES string of the molecule is Cc1cc(=O)c(C(=O)N(Cc2nc3ccccc3c(=O)[nH]2)C(C)C)nn1-c1cccc(C(F)(F)F)c1. The standard InChI is InChI=1S/C25H22F3N5O3/c1-14(2)32(13-21-29-19-10-5-4-9-18(19)23(35)30-21)24(36)22-20(34)11-15(3)33(31-22)17-8-6-7-16(12-17)25(26,27)28/h4-12,14H,13H2,1-3H3,(H,29,30,35). The summed E-state index contributed by atoms with van der Waals surface area (Å²) in [6, 6.07) is 11.9. The summed E-state index contributed by atoms with van der Waals surface area (Å²) in [5.74, 6) is -0.530. The van der Waals surface area contributed by atoms with Crippen LogP contribution in [0.25, 0.3) is 16.6 Å². The van der Waals surface area contributed by atoms with E-state index in [9.17, 15) is 27.6 Å². The van der Waals surface area contributed by atoms with E-state index >= 15 is 0 Å². The Hall–Kier alpha value is -4.28. The van der Waals surface area contributed by atoms with Crippen LogP contribution in [0.5, 0.6) is 0 Å². The summed E-state index contributed by atoms with van der Waals surface area (Å²) in [6.45, 7) is 4.83. The Balaban J connectivity index is 1.74. The van der Waals surface area contributed by atoms with Crippen molar-refractivity contribution in [2.75, 3.05) is 0 Å². The van der Waals surface area contributed by atoms with Crippen LogP contribution in [0.3, 0.4) is 0 Å². The zero-order valence-corrected chi connectivity index (χ0v) is 19.6. The van der Waals surface area contributed by atoms with Crippen molar-refractivity contribution >= 4 is 16.8 Å². The maximum atomic E-state index is 13.4. The summed E-state index contributed by atoms with van der Waals surface area (Å²) in [5.41, 5.74) is -1.63. The highest BCUT2D eigenvalue weighted by Gasteiger charge is 2.31. The number of para-hydroxylation sites is 1. The molecule has 8 nitrogen and oxygen atoms in total. The van der Waals surface area contributed by atoms with Crippen molar-refractivity contribution in [1.82, 2.24) is 24.6 Å². The molecule has 0 spiro atoms. The molecule has 0 aliphatic rings. The van der Waals surface area contributed by atoms with E-state index in [1.807, 2.05) is 0 Å². The molecule has 11 heteroatoms. The smallest absolute Gasteiger partial charge is 0.327 e. The van der Waals surface area contributed by atoms with Crippen LogP contribution in [-0.4, -0.2) is 36.6 Å². The van der Waals surface area contributed by atoms with Crippen molar-refractivity contribution < 1.29 is 18.0 Å². The van der Waals surface area contributed by atoms with Gasteiger partial charge in [0.2, 0.25) is 5.43 Å². The Morgan fingerprint density at radius 1 is 1.08 bits per heavy atom. The lowest BCUT2D eigenvalue weighted by atomic mass is 10.2. The quantitative estimate of drug-likeness (QED) is 0.452. The lowest BCUT2D eigenvalue weighted by Gasteiger charge is -2.26. The largest absolute Gasteiger partial charge is 0.416 e. The van der Waals surface area contributed by atoms with Gasteiger partial charge in [0.25, 0.3) is 11.5 Å². The number of carbonyl (C=O) groups excluding carboxylic acids is 1. The molecule has 0 aliphatic heterocycles. The van der Waals surface area contributed by atoms with E-state index < -0.39 is 34.8 Å². The van der Waals surface area contributed by atoms with Crippen LogP contribution in [-0.2, 0) is 12.7 Å². The van der Waals surface area contributed by atoms with Gasteiger partial charge in [0.15, 0.2) is 5.69 Å². The van der Waals surface area contributed by atoms with Gasteiger partial charge in [-0.1, -0.05) is 18.2 Å². The number of fused-ring (bicyclic) bond motifs is 1. The molecule has 4 rings (SSSR count). The number of hydrogen-bond donors (Lipinski definition) is 1. The third kappa shape index (κ3) is 4.90. The summed E-state index contributed by atoms with van der Waals surface area (Å²) >= 11 is 0. The molecule has 2 heterocycles. The molecule has 4 aromatic rings. The van der Waals surface area contributed by atoms with Crippen molar-refractivity contribution in [3.63, 3.8) is 0 Å². The number of hydrogen-bond acceptors (Lipinski definition) is 5. The summed E-state index contributed by atoms with van der Waals surface area (Å²) in [4.78, 5) is 47.0. The molecule has 0 fully saturated rings. The summed E-state index contributed by atoms with van der Waals surface area (Å²) in [5, 5.41) is 4.53. The Labute approximate surface area is 203 Å². The molecule has 0 bridgehead atoms. The van der Waals surface area contributed by atoms with Gasteiger partial charge in [-0.2, -0.15) is 18.3 Å². The first-order valence-electron chi connectivity index (χ1n) is 11.0. The third-order valence-electron chi connectivity index (χ3n) is 5.59. The van der Waals surface area contributed by atoms with E-state index in [-0.39, 0.29) is 29.3 Å². The molecule has 0 aliphatic carbocycles. The highest BCUT2D eigenvalue weighted by molar-refractivity contribution is 5.92. The van der Waals surface area contributed by atoms with Gasteiger partial charge >= 0.3 is 6.18 Å². The van der Waals surface area contributed by atoms with Crippen molar-refractivity contribution in [3.8, 4) is 5.69 Å². The number of H-pyrrole nitrogens is 1. The van der Waals surface area contributed by atoms with Gasteiger partial charge in [-0.15, -0.1) is 0 Å². The number of carbonyl (C=O) groups is 1. The molecule has 0 saturated carbocycles. The molecule has 186 valence electrons. The van der Waals surface area contributed by atoms with Crippen LogP contribution in [0.1, 0.15) is 41.4 Å². The fraction of sp³-hybridized carbons (Fsp3) is 0.240. The predicted octanol–water partition coefficient (Wildman–Crippen LogP) is 3.85. The van der Waals surface area contributed by atoms with Gasteiger partial charge in [0.05, 0.1) is 28.7 Å². The van der Waals surface area contributed by atoms with Gasteiger partial charge in [0.1, 0.15) is 5.82 Å². The van der Waals surface area contributed by atoms with E-state index in [1.54, 1.807) is 38.1 Å². The number of nitrogens with one attached hydrogen (secondary N) is 1. The fourth-order valence-corrected chi connectivity index (χ4v) is 3.77. The number of amides is 1. The number of alkyl halides is 3. The first kappa shape index (κ1) is 24.8. The highest BCUT2D eigenvalue weighted by Crippen LogP contribution is 2.30. The number of halogens is 3. The van der Waals surface area contributed by atoms with Crippen LogP contribution in [0.15, 0.2) is 64.2 Å². The molecule has 2 aromatic heterocycles. The molecule has 36 heavy (non-hydrogen) atoms. The van der Waals surface area contributed by atoms with E-state index in [0.29, 0.717) is 10.9 Å². The average molecular weight is 497 g/mol. The molecule has 1 amide bonds. The van der Waals surface area contributed by atoms with E-state index in [0.717, 1.165) is 22.9 Å². The number of benzene rings is 2. The first-order chi connectivity index (χ1) is 17.0. The van der Waals surface area contributed by atoms with Crippen LogP contribution >= 0.6 is 0 Å². The lowest BCUT2D eigenvalue weighted by molar-refractivity contribution is -0.137. The van der Waals surface area contributed by atoms with E-state index in [4.69, 9.17) is 0 Å². The van der Waals surface area contributed by atoms with Crippen LogP contribution in [0, 0.1) is 6.92 Å². The van der Waals surface area contributed by atoms with Crippen molar-refractivity contribution in [2.24, 2.45) is 0 Å². The second kappa shape index (κ2) is 9.40. The first-order valence-corrected chi connectivity index (χ1v) is 11.0. The molecule has 2 aromatic carbocycles. The number of aromatic amines is 1. The van der Waals surface area contributed by atoms with Crippen LogP contribution < -0.4 is 11.0 Å². The molecular weight excluding hydrogens is 475 g/mol. The number of aryl methyl sites for hydroxylation is 1.